The van der Waals surface area contributed by atoms with E-state index in [0.717, 1.165) is 51.0 Å². The van der Waals surface area contributed by atoms with Gasteiger partial charge in [0.05, 0.1) is 23.7 Å². The van der Waals surface area contributed by atoms with Crippen molar-refractivity contribution < 1.29 is 22.3 Å². The standard InChI is InChI=1S/C20H30FN3O4S/c1-16-4-2-9-24(15-16)29(26,27)17-5-6-19(21)18(14-17)20(25)22-7-3-8-23-10-12-28-13-11-23/h5-6,14,16H,2-4,7-13,15H2,1H3,(H,22,25)/t16-/m0/s1. The van der Waals surface area contributed by atoms with Crippen molar-refractivity contribution >= 4 is 15.9 Å². The van der Waals surface area contributed by atoms with Gasteiger partial charge in [0, 0.05) is 32.7 Å². The minimum atomic E-state index is -3.74. The van der Waals surface area contributed by atoms with Gasteiger partial charge >= 0.3 is 0 Å². The molecule has 7 nitrogen and oxygen atoms in total. The van der Waals surface area contributed by atoms with Gasteiger partial charge in [-0.25, -0.2) is 12.8 Å². The Morgan fingerprint density at radius 2 is 2.03 bits per heavy atom. The summed E-state index contributed by atoms with van der Waals surface area (Å²) in [6, 6.07) is 3.45. The average molecular weight is 428 g/mol. The molecule has 1 N–H and O–H groups in total. The molecule has 9 heteroatoms. The van der Waals surface area contributed by atoms with E-state index < -0.39 is 21.7 Å². The van der Waals surface area contributed by atoms with Crippen LogP contribution in [0.3, 0.4) is 0 Å². The van der Waals surface area contributed by atoms with E-state index in [-0.39, 0.29) is 16.4 Å². The highest BCUT2D eigenvalue weighted by Crippen LogP contribution is 2.24. The summed E-state index contributed by atoms with van der Waals surface area (Å²) < 4.78 is 46.8. The van der Waals surface area contributed by atoms with Crippen molar-refractivity contribution in [1.29, 1.82) is 0 Å². The summed E-state index contributed by atoms with van der Waals surface area (Å²) in [6.45, 7) is 7.32. The number of nitrogens with one attached hydrogen (secondary N) is 1. The molecule has 162 valence electrons. The smallest absolute Gasteiger partial charge is 0.254 e. The molecule has 1 aromatic rings. The second-order valence-corrected chi connectivity index (χ2v) is 9.75. The van der Waals surface area contributed by atoms with Crippen molar-refractivity contribution in [1.82, 2.24) is 14.5 Å². The van der Waals surface area contributed by atoms with Crippen molar-refractivity contribution in [3.05, 3.63) is 29.6 Å². The van der Waals surface area contributed by atoms with E-state index >= 15 is 0 Å². The van der Waals surface area contributed by atoms with E-state index in [0.29, 0.717) is 32.8 Å². The zero-order valence-corrected chi connectivity index (χ0v) is 17.7. The highest BCUT2D eigenvalue weighted by Gasteiger charge is 2.29. The van der Waals surface area contributed by atoms with E-state index in [2.05, 4.69) is 10.2 Å². The lowest BCUT2D eigenvalue weighted by Crippen LogP contribution is -2.39. The van der Waals surface area contributed by atoms with Crippen LogP contribution in [0.4, 0.5) is 4.39 Å². The van der Waals surface area contributed by atoms with Gasteiger partial charge < -0.3 is 10.1 Å². The highest BCUT2D eigenvalue weighted by molar-refractivity contribution is 7.89. The Morgan fingerprint density at radius 3 is 2.76 bits per heavy atom. The Kier molecular flexibility index (Phi) is 7.61. The molecule has 0 aromatic heterocycles. The van der Waals surface area contributed by atoms with E-state index in [4.69, 9.17) is 4.74 Å². The van der Waals surface area contributed by atoms with Crippen molar-refractivity contribution in [3.63, 3.8) is 0 Å². The Morgan fingerprint density at radius 1 is 1.28 bits per heavy atom. The molecule has 0 spiro atoms. The lowest BCUT2D eigenvalue weighted by molar-refractivity contribution is 0.0374. The van der Waals surface area contributed by atoms with Crippen LogP contribution in [0.2, 0.25) is 0 Å². The van der Waals surface area contributed by atoms with Crippen LogP contribution in [0.1, 0.15) is 36.5 Å². The quantitative estimate of drug-likeness (QED) is 0.670. The van der Waals surface area contributed by atoms with Crippen molar-refractivity contribution in [2.24, 2.45) is 5.92 Å². The highest BCUT2D eigenvalue weighted by atomic mass is 32.2. The molecule has 0 radical (unpaired) electrons. The molecule has 2 fully saturated rings. The SMILES string of the molecule is C[C@H]1CCCN(S(=O)(=O)c2ccc(F)c(C(=O)NCCCN3CCOCC3)c2)C1. The van der Waals surface area contributed by atoms with Gasteiger partial charge in [-0.2, -0.15) is 4.31 Å². The van der Waals surface area contributed by atoms with Crippen LogP contribution in [-0.2, 0) is 14.8 Å². The number of morpholine rings is 1. The summed E-state index contributed by atoms with van der Waals surface area (Å²) in [4.78, 5) is 14.6. The van der Waals surface area contributed by atoms with E-state index in [1.165, 1.54) is 10.4 Å². The molecule has 0 saturated carbocycles. The largest absolute Gasteiger partial charge is 0.379 e. The third kappa shape index (κ3) is 5.75. The van der Waals surface area contributed by atoms with Gasteiger partial charge in [-0.1, -0.05) is 6.92 Å². The zero-order valence-electron chi connectivity index (χ0n) is 16.9. The number of ether oxygens (including phenoxy) is 1. The molecule has 2 aliphatic rings. The van der Waals surface area contributed by atoms with E-state index in [1.54, 1.807) is 0 Å². The van der Waals surface area contributed by atoms with Gasteiger partial charge in [-0.05, 0) is 49.9 Å². The summed E-state index contributed by atoms with van der Waals surface area (Å²) in [6.07, 6.45) is 2.53. The van der Waals surface area contributed by atoms with Crippen molar-refractivity contribution in [2.75, 3.05) is 52.5 Å². The summed E-state index contributed by atoms with van der Waals surface area (Å²) in [5, 5.41) is 2.70. The number of hydrogen-bond donors (Lipinski definition) is 1. The minimum absolute atomic E-state index is 0.0357. The lowest BCUT2D eigenvalue weighted by Gasteiger charge is -2.30. The Labute approximate surface area is 172 Å². The number of benzene rings is 1. The number of piperidine rings is 1. The molecule has 0 unspecified atom stereocenters. The first-order chi connectivity index (χ1) is 13.9. The van der Waals surface area contributed by atoms with Gasteiger partial charge in [-0.3, -0.25) is 9.69 Å². The number of nitrogens with zero attached hydrogens (tertiary/aromatic N) is 2. The molecule has 1 atom stereocenters. The van der Waals surface area contributed by atoms with Crippen molar-refractivity contribution in [2.45, 2.75) is 31.1 Å². The average Bonchev–Trinajstić information content (AvgIpc) is 2.72. The molecule has 2 saturated heterocycles. The molecule has 0 bridgehead atoms. The number of halogens is 1. The summed E-state index contributed by atoms with van der Waals surface area (Å²) in [5.41, 5.74) is -0.234. The van der Waals surface area contributed by atoms with Crippen LogP contribution in [0.5, 0.6) is 0 Å². The normalized spacial score (nSPS) is 21.8. The predicted molar refractivity (Wildman–Crippen MR) is 108 cm³/mol. The maximum atomic E-state index is 14.2. The molecule has 0 aliphatic carbocycles. The van der Waals surface area contributed by atoms with E-state index in [1.807, 2.05) is 6.92 Å². The third-order valence-electron chi connectivity index (χ3n) is 5.48. The van der Waals surface area contributed by atoms with Gasteiger partial charge in [0.1, 0.15) is 5.82 Å². The molecule has 2 heterocycles. The number of rotatable bonds is 7. The van der Waals surface area contributed by atoms with Crippen LogP contribution in [0, 0.1) is 11.7 Å². The van der Waals surface area contributed by atoms with Gasteiger partial charge in [0.15, 0.2) is 0 Å². The maximum Gasteiger partial charge on any atom is 0.254 e. The van der Waals surface area contributed by atoms with Gasteiger partial charge in [-0.15, -0.1) is 0 Å². The maximum absolute atomic E-state index is 14.2. The summed E-state index contributed by atoms with van der Waals surface area (Å²) in [7, 11) is -3.74. The molecular formula is C20H30FN3O4S. The fourth-order valence-corrected chi connectivity index (χ4v) is 5.40. The number of hydrogen-bond acceptors (Lipinski definition) is 5. The third-order valence-corrected chi connectivity index (χ3v) is 7.34. The summed E-state index contributed by atoms with van der Waals surface area (Å²) >= 11 is 0. The fraction of sp³-hybridized carbons (Fsp3) is 0.650. The predicted octanol–water partition coefficient (Wildman–Crippen LogP) is 1.70. The molecular weight excluding hydrogens is 397 g/mol. The Balaban J connectivity index is 1.61. The Hall–Kier alpha value is -1.55. The first-order valence-corrected chi connectivity index (χ1v) is 11.7. The molecule has 29 heavy (non-hydrogen) atoms. The number of sulfonamides is 1. The first-order valence-electron chi connectivity index (χ1n) is 10.3. The van der Waals surface area contributed by atoms with Crippen LogP contribution in [0.15, 0.2) is 23.1 Å². The fourth-order valence-electron chi connectivity index (χ4n) is 3.78. The summed E-state index contributed by atoms with van der Waals surface area (Å²) in [5.74, 6) is -1.02. The van der Waals surface area contributed by atoms with Crippen LogP contribution < -0.4 is 5.32 Å². The second kappa shape index (κ2) is 9.97. The van der Waals surface area contributed by atoms with Gasteiger partial charge in [0.25, 0.3) is 5.91 Å². The molecule has 1 amide bonds. The van der Waals surface area contributed by atoms with E-state index in [9.17, 15) is 17.6 Å². The molecule has 2 aliphatic heterocycles. The molecule has 3 rings (SSSR count). The number of carbonyl (C=O) groups is 1. The minimum Gasteiger partial charge on any atom is -0.379 e. The van der Waals surface area contributed by atoms with Crippen LogP contribution in [0.25, 0.3) is 0 Å². The lowest BCUT2D eigenvalue weighted by atomic mass is 10.0. The van der Waals surface area contributed by atoms with Crippen molar-refractivity contribution in [3.8, 4) is 0 Å². The first kappa shape index (κ1) is 22.1. The monoisotopic (exact) mass is 427 g/mol. The topological polar surface area (TPSA) is 79.0 Å². The number of carbonyl (C=O) groups excluding carboxylic acids is 1. The Bertz CT molecular complexity index is 812. The van der Waals surface area contributed by atoms with Gasteiger partial charge in [0.2, 0.25) is 10.0 Å². The zero-order chi connectivity index (χ0) is 20.9. The van der Waals surface area contributed by atoms with Crippen LogP contribution >= 0.6 is 0 Å². The second-order valence-electron chi connectivity index (χ2n) is 7.82. The number of amides is 1. The van der Waals surface area contributed by atoms with Crippen LogP contribution in [-0.4, -0.2) is 76.0 Å². The molecule has 1 aromatic carbocycles.